The van der Waals surface area contributed by atoms with E-state index in [4.69, 9.17) is 0 Å². The summed E-state index contributed by atoms with van der Waals surface area (Å²) in [7, 11) is -3.60. The van der Waals surface area contributed by atoms with E-state index in [-0.39, 0.29) is 10.9 Å². The zero-order valence-electron chi connectivity index (χ0n) is 13.0. The minimum atomic E-state index is -3.60. The quantitative estimate of drug-likeness (QED) is 0.727. The van der Waals surface area contributed by atoms with Gasteiger partial charge in [0.1, 0.15) is 4.90 Å². The molecule has 0 unspecified atom stereocenters. The summed E-state index contributed by atoms with van der Waals surface area (Å²) in [5.41, 5.74) is 0.737. The van der Waals surface area contributed by atoms with E-state index in [2.05, 4.69) is 15.0 Å². The van der Waals surface area contributed by atoms with Gasteiger partial charge in [0.2, 0.25) is 15.8 Å². The van der Waals surface area contributed by atoms with E-state index in [0.29, 0.717) is 12.3 Å². The second-order valence-corrected chi connectivity index (χ2v) is 7.69. The van der Waals surface area contributed by atoms with Gasteiger partial charge in [-0.05, 0) is 31.0 Å². The number of sulfonamides is 1. The highest BCUT2D eigenvalue weighted by molar-refractivity contribution is 7.89. The maximum absolute atomic E-state index is 13.0. The summed E-state index contributed by atoms with van der Waals surface area (Å²) in [6.45, 7) is 0.489. The third-order valence-electron chi connectivity index (χ3n) is 4.32. The predicted molar refractivity (Wildman–Crippen MR) is 87.7 cm³/mol. The second-order valence-electron chi connectivity index (χ2n) is 5.80. The Hall–Kier alpha value is -2.32. The largest absolute Gasteiger partial charge is 0.291 e. The molecule has 3 aromatic rings. The summed E-state index contributed by atoms with van der Waals surface area (Å²) >= 11 is 0. The smallest absolute Gasteiger partial charge is 0.245 e. The molecular weight excluding hydrogens is 326 g/mol. The number of imidazole rings is 1. The molecule has 7 nitrogen and oxygen atoms in total. The second kappa shape index (κ2) is 5.95. The lowest BCUT2D eigenvalue weighted by Crippen LogP contribution is -2.38. The van der Waals surface area contributed by atoms with Crippen LogP contribution in [0.4, 0.5) is 0 Å². The molecule has 1 aliphatic rings. The summed E-state index contributed by atoms with van der Waals surface area (Å²) < 4.78 is 29.4. The van der Waals surface area contributed by atoms with Crippen molar-refractivity contribution in [3.8, 4) is 0 Å². The fourth-order valence-electron chi connectivity index (χ4n) is 3.13. The van der Waals surface area contributed by atoms with Crippen molar-refractivity contribution in [2.24, 2.45) is 0 Å². The van der Waals surface area contributed by atoms with E-state index in [1.807, 2.05) is 22.9 Å². The summed E-state index contributed by atoms with van der Waals surface area (Å²) in [6.07, 6.45) is 10.9. The van der Waals surface area contributed by atoms with Crippen LogP contribution in [0.5, 0.6) is 0 Å². The van der Waals surface area contributed by atoms with Crippen LogP contribution in [0, 0.1) is 0 Å². The Labute approximate surface area is 140 Å². The Kier molecular flexibility index (Phi) is 3.78. The van der Waals surface area contributed by atoms with Gasteiger partial charge in [-0.15, -0.1) is 0 Å². The van der Waals surface area contributed by atoms with Crippen LogP contribution in [0.1, 0.15) is 31.0 Å². The minimum Gasteiger partial charge on any atom is -0.291 e. The van der Waals surface area contributed by atoms with E-state index in [9.17, 15) is 8.42 Å². The summed E-state index contributed by atoms with van der Waals surface area (Å²) in [6, 6.07) is 4.82. The van der Waals surface area contributed by atoms with E-state index in [1.165, 1.54) is 6.20 Å². The van der Waals surface area contributed by atoms with Crippen molar-refractivity contribution in [1.29, 1.82) is 0 Å². The summed E-state index contributed by atoms with van der Waals surface area (Å²) in [5, 5.41) is 0. The highest BCUT2D eigenvalue weighted by Crippen LogP contribution is 2.34. The van der Waals surface area contributed by atoms with Gasteiger partial charge in [-0.3, -0.25) is 9.38 Å². The number of pyridine rings is 1. The van der Waals surface area contributed by atoms with Crippen LogP contribution in [0.15, 0.2) is 54.1 Å². The van der Waals surface area contributed by atoms with E-state index >= 15 is 0 Å². The lowest BCUT2D eigenvalue weighted by molar-refractivity contribution is 0.251. The van der Waals surface area contributed by atoms with Crippen LogP contribution in [0.3, 0.4) is 0 Å². The fraction of sp³-hybridized carbons (Fsp3) is 0.312. The summed E-state index contributed by atoms with van der Waals surface area (Å²) in [4.78, 5) is 12.9. The molecule has 0 bridgehead atoms. The lowest BCUT2D eigenvalue weighted by atomic mass is 10.0. The first-order chi connectivity index (χ1) is 11.7. The number of aromatic nitrogens is 4. The molecular formula is C16H17N5O2S. The Balaban J connectivity index is 1.75. The fourth-order valence-corrected chi connectivity index (χ4v) is 4.76. The van der Waals surface area contributed by atoms with Gasteiger partial charge in [-0.1, -0.05) is 6.42 Å². The Bertz CT molecular complexity index is 955. The Morgan fingerprint density at radius 3 is 2.88 bits per heavy atom. The molecule has 1 atom stereocenters. The third-order valence-corrected chi connectivity index (χ3v) is 6.21. The van der Waals surface area contributed by atoms with Crippen LogP contribution < -0.4 is 0 Å². The van der Waals surface area contributed by atoms with Crippen LogP contribution in [-0.2, 0) is 10.0 Å². The molecule has 1 aliphatic heterocycles. The first-order valence-electron chi connectivity index (χ1n) is 7.88. The average Bonchev–Trinajstić information content (AvgIpc) is 3.10. The zero-order chi connectivity index (χ0) is 16.6. The van der Waals surface area contributed by atoms with Gasteiger partial charge >= 0.3 is 0 Å². The van der Waals surface area contributed by atoms with Crippen LogP contribution in [-0.4, -0.2) is 38.6 Å². The van der Waals surface area contributed by atoms with Crippen molar-refractivity contribution in [2.45, 2.75) is 30.2 Å². The van der Waals surface area contributed by atoms with Crippen molar-refractivity contribution in [3.63, 3.8) is 0 Å². The molecule has 0 amide bonds. The molecule has 0 N–H and O–H groups in total. The first kappa shape index (κ1) is 15.2. The Morgan fingerprint density at radius 1 is 1.12 bits per heavy atom. The van der Waals surface area contributed by atoms with Gasteiger partial charge in [0.05, 0.1) is 11.7 Å². The SMILES string of the molecule is O=S(=O)(c1cccnc1)N1CCCC[C@@H]1c1ccn2ccnc2n1. The minimum absolute atomic E-state index is 0.221. The van der Waals surface area contributed by atoms with Crippen molar-refractivity contribution < 1.29 is 8.42 Å². The molecule has 3 aromatic heterocycles. The number of hydrogen-bond acceptors (Lipinski definition) is 5. The molecule has 4 rings (SSSR count). The molecule has 24 heavy (non-hydrogen) atoms. The molecule has 8 heteroatoms. The number of rotatable bonds is 3. The monoisotopic (exact) mass is 343 g/mol. The molecule has 0 aliphatic carbocycles. The molecule has 0 spiro atoms. The standard InChI is InChI=1S/C16H17N5O2S/c22-24(23,13-4-3-7-17-12-13)21-9-2-1-5-15(21)14-6-10-20-11-8-18-16(20)19-14/h3-4,6-8,10-12,15H,1-2,5,9H2/t15-/m1/s1. The van der Waals surface area contributed by atoms with Gasteiger partial charge < -0.3 is 0 Å². The maximum Gasteiger partial charge on any atom is 0.245 e. The molecule has 1 saturated heterocycles. The predicted octanol–water partition coefficient (Wildman–Crippen LogP) is 2.04. The molecule has 0 aromatic carbocycles. The van der Waals surface area contributed by atoms with Crippen molar-refractivity contribution in [1.82, 2.24) is 23.7 Å². The van der Waals surface area contributed by atoms with Gasteiger partial charge in [0.25, 0.3) is 0 Å². The van der Waals surface area contributed by atoms with Crippen molar-refractivity contribution >= 4 is 15.8 Å². The molecule has 124 valence electrons. The number of nitrogens with zero attached hydrogens (tertiary/aromatic N) is 5. The van der Waals surface area contributed by atoms with E-state index in [1.54, 1.807) is 28.8 Å². The zero-order valence-corrected chi connectivity index (χ0v) is 13.8. The van der Waals surface area contributed by atoms with Crippen LogP contribution in [0.25, 0.3) is 5.78 Å². The number of piperidine rings is 1. The summed E-state index contributed by atoms with van der Waals surface area (Å²) in [5.74, 6) is 0.580. The first-order valence-corrected chi connectivity index (χ1v) is 9.32. The van der Waals surface area contributed by atoms with Gasteiger partial charge in [0.15, 0.2) is 0 Å². The topological polar surface area (TPSA) is 80.5 Å². The molecule has 0 radical (unpaired) electrons. The highest BCUT2D eigenvalue weighted by atomic mass is 32.2. The maximum atomic E-state index is 13.0. The lowest BCUT2D eigenvalue weighted by Gasteiger charge is -2.34. The van der Waals surface area contributed by atoms with Gasteiger partial charge in [-0.25, -0.2) is 18.4 Å². The van der Waals surface area contributed by atoms with E-state index in [0.717, 1.165) is 25.0 Å². The van der Waals surface area contributed by atoms with Crippen LogP contribution >= 0.6 is 0 Å². The average molecular weight is 343 g/mol. The molecule has 0 saturated carbocycles. The number of fused-ring (bicyclic) bond motifs is 1. The van der Waals surface area contributed by atoms with E-state index < -0.39 is 10.0 Å². The van der Waals surface area contributed by atoms with Crippen molar-refractivity contribution in [3.05, 3.63) is 54.9 Å². The van der Waals surface area contributed by atoms with Gasteiger partial charge in [0, 0.05) is 37.5 Å². The highest BCUT2D eigenvalue weighted by Gasteiger charge is 2.35. The van der Waals surface area contributed by atoms with Crippen LogP contribution in [0.2, 0.25) is 0 Å². The third kappa shape index (κ3) is 2.57. The normalized spacial score (nSPS) is 19.6. The molecule has 4 heterocycles. The van der Waals surface area contributed by atoms with Crippen molar-refractivity contribution in [2.75, 3.05) is 6.54 Å². The Morgan fingerprint density at radius 2 is 2.04 bits per heavy atom. The number of hydrogen-bond donors (Lipinski definition) is 0. The molecule has 1 fully saturated rings. The van der Waals surface area contributed by atoms with Gasteiger partial charge in [-0.2, -0.15) is 4.31 Å².